The Balaban J connectivity index is 2.19. The quantitative estimate of drug-likeness (QED) is 0.821. The largest absolute Gasteiger partial charge is 0.468 e. The first kappa shape index (κ1) is 15.7. The van der Waals surface area contributed by atoms with E-state index in [1.165, 1.54) is 17.6 Å². The van der Waals surface area contributed by atoms with E-state index in [-0.39, 0.29) is 17.3 Å². The Bertz CT molecular complexity index is 724. The molecule has 0 amide bonds. The molecule has 0 bridgehead atoms. The first-order valence-electron chi connectivity index (χ1n) is 6.24. The number of nitrogens with two attached hydrogens (primary N) is 1. The maximum atomic E-state index is 12.4. The van der Waals surface area contributed by atoms with Crippen molar-refractivity contribution in [3.8, 4) is 0 Å². The molecule has 0 saturated heterocycles. The highest BCUT2D eigenvalue weighted by atomic mass is 32.2. The lowest BCUT2D eigenvalue weighted by Gasteiger charge is -2.17. The molecule has 1 aromatic carbocycles. The van der Waals surface area contributed by atoms with E-state index >= 15 is 0 Å². The van der Waals surface area contributed by atoms with Crippen molar-refractivity contribution in [2.24, 2.45) is 5.73 Å². The summed E-state index contributed by atoms with van der Waals surface area (Å²) in [5.41, 5.74) is 6.81. The third-order valence-electron chi connectivity index (χ3n) is 3.05. The molecule has 7 heteroatoms. The minimum Gasteiger partial charge on any atom is -0.468 e. The third kappa shape index (κ3) is 3.90. The SMILES string of the molecule is CN(Cc1ccco1)S(=O)(=O)Cc1ccccc1C(N)=S. The van der Waals surface area contributed by atoms with Gasteiger partial charge in [0.2, 0.25) is 10.0 Å². The van der Waals surface area contributed by atoms with Gasteiger partial charge in [-0.05, 0) is 17.7 Å². The van der Waals surface area contributed by atoms with Gasteiger partial charge in [-0.2, -0.15) is 4.31 Å². The predicted octanol–water partition coefficient (Wildman–Crippen LogP) is 1.88. The first-order valence-corrected chi connectivity index (χ1v) is 8.26. The van der Waals surface area contributed by atoms with Crippen LogP contribution in [-0.2, 0) is 22.3 Å². The second kappa shape index (κ2) is 6.38. The topological polar surface area (TPSA) is 76.5 Å². The fourth-order valence-corrected chi connectivity index (χ4v) is 3.30. The smallest absolute Gasteiger partial charge is 0.218 e. The molecule has 0 unspecified atom stereocenters. The van der Waals surface area contributed by atoms with Crippen LogP contribution >= 0.6 is 12.2 Å². The lowest BCUT2D eigenvalue weighted by molar-refractivity contribution is 0.406. The van der Waals surface area contributed by atoms with Crippen LogP contribution in [-0.4, -0.2) is 24.8 Å². The van der Waals surface area contributed by atoms with Crippen molar-refractivity contribution >= 4 is 27.2 Å². The highest BCUT2D eigenvalue weighted by Gasteiger charge is 2.21. The summed E-state index contributed by atoms with van der Waals surface area (Å²) in [5.74, 6) is 0.432. The van der Waals surface area contributed by atoms with E-state index in [1.807, 2.05) is 0 Å². The van der Waals surface area contributed by atoms with E-state index in [4.69, 9.17) is 22.4 Å². The number of hydrogen-bond donors (Lipinski definition) is 1. The van der Waals surface area contributed by atoms with Crippen LogP contribution in [0.15, 0.2) is 47.1 Å². The van der Waals surface area contributed by atoms with Crippen molar-refractivity contribution in [2.45, 2.75) is 12.3 Å². The summed E-state index contributed by atoms with van der Waals surface area (Å²) < 4.78 is 31.2. The van der Waals surface area contributed by atoms with Gasteiger partial charge in [0.05, 0.1) is 18.6 Å². The molecule has 0 aliphatic carbocycles. The number of thiocarbonyl (C=S) groups is 1. The van der Waals surface area contributed by atoms with Gasteiger partial charge in [0.1, 0.15) is 10.7 Å². The van der Waals surface area contributed by atoms with Gasteiger partial charge in [-0.3, -0.25) is 0 Å². The van der Waals surface area contributed by atoms with E-state index in [0.29, 0.717) is 16.9 Å². The molecular weight excluding hydrogens is 308 g/mol. The number of furan rings is 1. The van der Waals surface area contributed by atoms with E-state index in [9.17, 15) is 8.42 Å². The van der Waals surface area contributed by atoms with Crippen LogP contribution in [0.3, 0.4) is 0 Å². The van der Waals surface area contributed by atoms with Gasteiger partial charge in [0.25, 0.3) is 0 Å². The Morgan fingerprint density at radius 2 is 2.00 bits per heavy atom. The fraction of sp³-hybridized carbons (Fsp3) is 0.214. The molecule has 0 aliphatic rings. The molecule has 0 radical (unpaired) electrons. The number of rotatable bonds is 6. The zero-order chi connectivity index (χ0) is 15.5. The van der Waals surface area contributed by atoms with Crippen LogP contribution in [0.5, 0.6) is 0 Å². The van der Waals surface area contributed by atoms with Gasteiger partial charge in [-0.25, -0.2) is 8.42 Å². The van der Waals surface area contributed by atoms with Crippen molar-refractivity contribution in [1.82, 2.24) is 4.31 Å². The van der Waals surface area contributed by atoms with Gasteiger partial charge in [0.15, 0.2) is 0 Å². The van der Waals surface area contributed by atoms with E-state index < -0.39 is 10.0 Å². The van der Waals surface area contributed by atoms with Gasteiger partial charge in [-0.15, -0.1) is 0 Å². The van der Waals surface area contributed by atoms with Crippen LogP contribution in [0.4, 0.5) is 0 Å². The second-order valence-electron chi connectivity index (χ2n) is 4.61. The lowest BCUT2D eigenvalue weighted by atomic mass is 10.1. The molecule has 0 atom stereocenters. The minimum absolute atomic E-state index is 0.155. The molecule has 1 heterocycles. The van der Waals surface area contributed by atoms with Gasteiger partial charge in [-0.1, -0.05) is 36.5 Å². The van der Waals surface area contributed by atoms with Crippen LogP contribution < -0.4 is 5.73 Å². The van der Waals surface area contributed by atoms with E-state index in [1.54, 1.807) is 36.4 Å². The molecule has 2 aromatic rings. The summed E-state index contributed by atoms with van der Waals surface area (Å²) in [6.45, 7) is 0.185. The zero-order valence-corrected chi connectivity index (χ0v) is 13.2. The standard InChI is InChI=1S/C14H16N2O3S2/c1-16(9-12-6-4-8-19-12)21(17,18)10-11-5-2-3-7-13(11)14(15)20/h2-8H,9-10H2,1H3,(H2,15,20). The normalized spacial score (nSPS) is 11.7. The average Bonchev–Trinajstić information content (AvgIpc) is 2.91. The Kier molecular flexibility index (Phi) is 4.76. The van der Waals surface area contributed by atoms with Crippen LogP contribution in [0.1, 0.15) is 16.9 Å². The van der Waals surface area contributed by atoms with E-state index in [2.05, 4.69) is 0 Å². The molecule has 0 saturated carbocycles. The molecule has 0 fully saturated rings. The van der Waals surface area contributed by atoms with Crippen molar-refractivity contribution in [1.29, 1.82) is 0 Å². The summed E-state index contributed by atoms with van der Waals surface area (Å²) in [4.78, 5) is 0.189. The lowest BCUT2D eigenvalue weighted by Crippen LogP contribution is -2.28. The molecule has 1 aromatic heterocycles. The first-order chi connectivity index (χ1) is 9.90. The Labute approximate surface area is 129 Å². The molecule has 0 aliphatic heterocycles. The number of nitrogens with zero attached hydrogens (tertiary/aromatic N) is 1. The summed E-state index contributed by atoms with van der Waals surface area (Å²) in [6, 6.07) is 10.4. The van der Waals surface area contributed by atoms with Crippen molar-refractivity contribution < 1.29 is 12.8 Å². The maximum absolute atomic E-state index is 12.4. The van der Waals surface area contributed by atoms with Gasteiger partial charge in [0, 0.05) is 12.6 Å². The van der Waals surface area contributed by atoms with Crippen molar-refractivity contribution in [3.63, 3.8) is 0 Å². The predicted molar refractivity (Wildman–Crippen MR) is 85.1 cm³/mol. The molecule has 0 spiro atoms. The van der Waals surface area contributed by atoms with Crippen LogP contribution in [0, 0.1) is 0 Å². The summed E-state index contributed by atoms with van der Waals surface area (Å²) in [7, 11) is -1.97. The third-order valence-corrected chi connectivity index (χ3v) is 5.03. The second-order valence-corrected chi connectivity index (χ2v) is 7.13. The van der Waals surface area contributed by atoms with Crippen LogP contribution in [0.25, 0.3) is 0 Å². The maximum Gasteiger partial charge on any atom is 0.218 e. The molecule has 5 nitrogen and oxygen atoms in total. The Morgan fingerprint density at radius 1 is 1.29 bits per heavy atom. The minimum atomic E-state index is -3.49. The van der Waals surface area contributed by atoms with Gasteiger partial charge < -0.3 is 10.2 Å². The molecule has 2 N–H and O–H groups in total. The monoisotopic (exact) mass is 324 g/mol. The fourth-order valence-electron chi connectivity index (χ4n) is 1.91. The molecular formula is C14H16N2O3S2. The molecule has 2 rings (SSSR count). The summed E-state index contributed by atoms with van der Waals surface area (Å²) >= 11 is 4.95. The number of sulfonamides is 1. The summed E-state index contributed by atoms with van der Waals surface area (Å²) in [6.07, 6.45) is 1.51. The van der Waals surface area contributed by atoms with Crippen LogP contribution in [0.2, 0.25) is 0 Å². The molecule has 112 valence electrons. The van der Waals surface area contributed by atoms with Crippen molar-refractivity contribution in [2.75, 3.05) is 7.05 Å². The van der Waals surface area contributed by atoms with Gasteiger partial charge >= 0.3 is 0 Å². The summed E-state index contributed by atoms with van der Waals surface area (Å²) in [5, 5.41) is 0. The Morgan fingerprint density at radius 3 is 2.62 bits per heavy atom. The zero-order valence-electron chi connectivity index (χ0n) is 11.5. The number of hydrogen-bond acceptors (Lipinski definition) is 4. The van der Waals surface area contributed by atoms with Crippen molar-refractivity contribution in [3.05, 3.63) is 59.5 Å². The average molecular weight is 324 g/mol. The van der Waals surface area contributed by atoms with E-state index in [0.717, 1.165) is 0 Å². The molecule has 21 heavy (non-hydrogen) atoms. The highest BCUT2D eigenvalue weighted by Crippen LogP contribution is 2.16. The Hall–Kier alpha value is -1.70. The number of benzene rings is 1. The highest BCUT2D eigenvalue weighted by molar-refractivity contribution is 7.88.